The molecule has 0 aliphatic carbocycles. The SMILES string of the molecule is Cn1cc(CCC(=O)CC2CCCO2)cn1. The lowest BCUT2D eigenvalue weighted by Gasteiger charge is -2.07. The van der Waals surface area contributed by atoms with Gasteiger partial charge in [0.05, 0.1) is 12.3 Å². The highest BCUT2D eigenvalue weighted by Gasteiger charge is 2.18. The molecule has 1 atom stereocenters. The monoisotopic (exact) mass is 222 g/mol. The molecule has 1 fully saturated rings. The number of nitrogens with zero attached hydrogens (tertiary/aromatic N) is 2. The van der Waals surface area contributed by atoms with E-state index in [1.165, 1.54) is 0 Å². The maximum atomic E-state index is 11.7. The lowest BCUT2D eigenvalue weighted by molar-refractivity contribution is -0.121. The van der Waals surface area contributed by atoms with Crippen molar-refractivity contribution in [2.75, 3.05) is 6.61 Å². The Morgan fingerprint density at radius 3 is 3.19 bits per heavy atom. The molecule has 1 aliphatic heterocycles. The van der Waals surface area contributed by atoms with Crippen molar-refractivity contribution in [2.24, 2.45) is 7.05 Å². The van der Waals surface area contributed by atoms with E-state index in [0.29, 0.717) is 18.6 Å². The number of aryl methyl sites for hydroxylation is 2. The Labute approximate surface area is 95.6 Å². The van der Waals surface area contributed by atoms with E-state index >= 15 is 0 Å². The molecule has 2 heterocycles. The summed E-state index contributed by atoms with van der Waals surface area (Å²) < 4.78 is 7.21. The second-order valence-corrected chi connectivity index (χ2v) is 4.40. The first-order valence-electron chi connectivity index (χ1n) is 5.85. The molecule has 4 nitrogen and oxygen atoms in total. The van der Waals surface area contributed by atoms with Gasteiger partial charge in [0.15, 0.2) is 0 Å². The van der Waals surface area contributed by atoms with Gasteiger partial charge in [0, 0.05) is 32.7 Å². The van der Waals surface area contributed by atoms with Gasteiger partial charge in [-0.05, 0) is 24.8 Å². The number of hydrogen-bond donors (Lipinski definition) is 0. The van der Waals surface area contributed by atoms with E-state index in [1.807, 2.05) is 19.4 Å². The highest BCUT2D eigenvalue weighted by atomic mass is 16.5. The standard InChI is InChI=1S/C12H18N2O2/c1-14-9-10(8-13-14)4-5-11(15)7-12-3-2-6-16-12/h8-9,12H,2-7H2,1H3. The predicted molar refractivity (Wildman–Crippen MR) is 60.1 cm³/mol. The molecule has 88 valence electrons. The maximum Gasteiger partial charge on any atom is 0.135 e. The number of carbonyl (C=O) groups is 1. The molecule has 2 rings (SSSR count). The topological polar surface area (TPSA) is 44.1 Å². The summed E-state index contributed by atoms with van der Waals surface area (Å²) in [5.41, 5.74) is 1.13. The maximum absolute atomic E-state index is 11.7. The fourth-order valence-corrected chi connectivity index (χ4v) is 2.05. The normalized spacial score (nSPS) is 20.2. The van der Waals surface area contributed by atoms with Gasteiger partial charge in [-0.1, -0.05) is 0 Å². The fourth-order valence-electron chi connectivity index (χ4n) is 2.05. The zero-order valence-corrected chi connectivity index (χ0v) is 9.69. The molecule has 0 bridgehead atoms. The molecule has 0 amide bonds. The first-order chi connectivity index (χ1) is 7.74. The summed E-state index contributed by atoms with van der Waals surface area (Å²) in [4.78, 5) is 11.7. The van der Waals surface area contributed by atoms with Crippen LogP contribution in [0.3, 0.4) is 0 Å². The highest BCUT2D eigenvalue weighted by molar-refractivity contribution is 5.79. The zero-order valence-electron chi connectivity index (χ0n) is 9.69. The molecule has 0 aromatic carbocycles. The number of rotatable bonds is 5. The minimum Gasteiger partial charge on any atom is -0.378 e. The molecule has 1 saturated heterocycles. The van der Waals surface area contributed by atoms with Crippen LogP contribution < -0.4 is 0 Å². The third kappa shape index (κ3) is 3.17. The van der Waals surface area contributed by atoms with Crippen LogP contribution in [0.4, 0.5) is 0 Å². The molecule has 0 N–H and O–H groups in total. The van der Waals surface area contributed by atoms with E-state index in [2.05, 4.69) is 5.10 Å². The van der Waals surface area contributed by atoms with Crippen LogP contribution in [0.2, 0.25) is 0 Å². The van der Waals surface area contributed by atoms with Crippen molar-refractivity contribution >= 4 is 5.78 Å². The zero-order chi connectivity index (χ0) is 11.4. The summed E-state index contributed by atoms with van der Waals surface area (Å²) in [6.07, 6.45) is 8.07. The van der Waals surface area contributed by atoms with Crippen LogP contribution in [0.5, 0.6) is 0 Å². The summed E-state index contributed by atoms with van der Waals surface area (Å²) in [5, 5.41) is 4.08. The molecular formula is C12H18N2O2. The lowest BCUT2D eigenvalue weighted by atomic mass is 10.0. The average molecular weight is 222 g/mol. The Hall–Kier alpha value is -1.16. The molecule has 1 aliphatic rings. The summed E-state index contributed by atoms with van der Waals surface area (Å²) >= 11 is 0. The minimum atomic E-state index is 0.182. The third-order valence-corrected chi connectivity index (χ3v) is 2.93. The quantitative estimate of drug-likeness (QED) is 0.758. The van der Waals surface area contributed by atoms with Crippen molar-refractivity contribution in [2.45, 2.75) is 38.2 Å². The van der Waals surface area contributed by atoms with E-state index in [4.69, 9.17) is 4.74 Å². The highest BCUT2D eigenvalue weighted by Crippen LogP contribution is 2.16. The van der Waals surface area contributed by atoms with E-state index in [9.17, 15) is 4.79 Å². The van der Waals surface area contributed by atoms with Crippen LogP contribution in [0, 0.1) is 0 Å². The second kappa shape index (κ2) is 5.25. The van der Waals surface area contributed by atoms with E-state index in [0.717, 1.165) is 31.4 Å². The van der Waals surface area contributed by atoms with Gasteiger partial charge in [-0.25, -0.2) is 0 Å². The molecule has 1 aromatic heterocycles. The van der Waals surface area contributed by atoms with Crippen molar-refractivity contribution < 1.29 is 9.53 Å². The van der Waals surface area contributed by atoms with Crippen molar-refractivity contribution in [1.29, 1.82) is 0 Å². The van der Waals surface area contributed by atoms with Gasteiger partial charge in [0.25, 0.3) is 0 Å². The summed E-state index contributed by atoms with van der Waals surface area (Å²) in [5.74, 6) is 0.302. The predicted octanol–water partition coefficient (Wildman–Crippen LogP) is 1.49. The van der Waals surface area contributed by atoms with E-state index in [1.54, 1.807) is 4.68 Å². The Morgan fingerprint density at radius 1 is 1.69 bits per heavy atom. The summed E-state index contributed by atoms with van der Waals surface area (Å²) in [6.45, 7) is 0.820. The first-order valence-corrected chi connectivity index (χ1v) is 5.85. The fraction of sp³-hybridized carbons (Fsp3) is 0.667. The van der Waals surface area contributed by atoms with Crippen molar-refractivity contribution in [3.63, 3.8) is 0 Å². The number of carbonyl (C=O) groups excluding carboxylic acids is 1. The number of aromatic nitrogens is 2. The Kier molecular flexibility index (Phi) is 3.72. The van der Waals surface area contributed by atoms with Gasteiger partial charge in [-0.2, -0.15) is 5.10 Å². The Bertz CT molecular complexity index is 354. The summed E-state index contributed by atoms with van der Waals surface area (Å²) in [6, 6.07) is 0. The Morgan fingerprint density at radius 2 is 2.56 bits per heavy atom. The smallest absolute Gasteiger partial charge is 0.135 e. The van der Waals surface area contributed by atoms with E-state index in [-0.39, 0.29) is 6.10 Å². The number of Topliss-reactive ketones (excluding diaryl/α,β-unsaturated/α-hetero) is 1. The van der Waals surface area contributed by atoms with E-state index < -0.39 is 0 Å². The van der Waals surface area contributed by atoms with Crippen LogP contribution in [0.1, 0.15) is 31.2 Å². The van der Waals surface area contributed by atoms with Gasteiger partial charge in [0.1, 0.15) is 5.78 Å². The van der Waals surface area contributed by atoms with Gasteiger partial charge >= 0.3 is 0 Å². The molecule has 0 radical (unpaired) electrons. The van der Waals surface area contributed by atoms with Crippen molar-refractivity contribution in [3.05, 3.63) is 18.0 Å². The summed E-state index contributed by atoms with van der Waals surface area (Å²) in [7, 11) is 1.89. The minimum absolute atomic E-state index is 0.182. The van der Waals surface area contributed by atoms with Gasteiger partial charge in [0.2, 0.25) is 0 Å². The molecule has 0 spiro atoms. The average Bonchev–Trinajstić information content (AvgIpc) is 2.87. The molecule has 4 heteroatoms. The second-order valence-electron chi connectivity index (χ2n) is 4.40. The molecular weight excluding hydrogens is 204 g/mol. The molecule has 1 aromatic rings. The largest absolute Gasteiger partial charge is 0.378 e. The lowest BCUT2D eigenvalue weighted by Crippen LogP contribution is -2.12. The van der Waals surface area contributed by atoms with Crippen LogP contribution in [-0.4, -0.2) is 28.3 Å². The van der Waals surface area contributed by atoms with Crippen molar-refractivity contribution in [1.82, 2.24) is 9.78 Å². The van der Waals surface area contributed by atoms with Gasteiger partial charge in [-0.3, -0.25) is 9.48 Å². The third-order valence-electron chi connectivity index (χ3n) is 2.93. The number of ether oxygens (including phenoxy) is 1. The van der Waals surface area contributed by atoms with Crippen molar-refractivity contribution in [3.8, 4) is 0 Å². The first kappa shape index (κ1) is 11.3. The van der Waals surface area contributed by atoms with Crippen LogP contribution in [0.25, 0.3) is 0 Å². The number of hydrogen-bond acceptors (Lipinski definition) is 3. The molecule has 0 saturated carbocycles. The van der Waals surface area contributed by atoms with Gasteiger partial charge in [-0.15, -0.1) is 0 Å². The Balaban J connectivity index is 1.71. The van der Waals surface area contributed by atoms with Crippen LogP contribution in [0.15, 0.2) is 12.4 Å². The molecule has 1 unspecified atom stereocenters. The molecule has 16 heavy (non-hydrogen) atoms. The van der Waals surface area contributed by atoms with Crippen LogP contribution >= 0.6 is 0 Å². The van der Waals surface area contributed by atoms with Gasteiger partial charge < -0.3 is 4.74 Å². The van der Waals surface area contributed by atoms with Crippen LogP contribution in [-0.2, 0) is 23.0 Å². The number of ketones is 1.